The lowest BCUT2D eigenvalue weighted by Gasteiger charge is -2.19. The number of nitrogens with zero attached hydrogens (tertiary/aromatic N) is 5. The molecule has 7 heteroatoms. The third-order valence-corrected chi connectivity index (χ3v) is 3.81. The van der Waals surface area contributed by atoms with Gasteiger partial charge < -0.3 is 13.7 Å². The third kappa shape index (κ3) is 3.24. The van der Waals surface area contributed by atoms with Gasteiger partial charge in [0.2, 0.25) is 11.8 Å². The molecular formula is C14H21N5O2. The van der Waals surface area contributed by atoms with Crippen LogP contribution in [0.1, 0.15) is 29.7 Å². The van der Waals surface area contributed by atoms with Crippen LogP contribution < -0.4 is 4.90 Å². The molecule has 0 radical (unpaired) electrons. The molecule has 114 valence electrons. The first-order valence-electron chi connectivity index (χ1n) is 7.32. The van der Waals surface area contributed by atoms with E-state index in [2.05, 4.69) is 25.0 Å². The van der Waals surface area contributed by atoms with Crippen molar-refractivity contribution in [1.29, 1.82) is 0 Å². The van der Waals surface area contributed by atoms with Gasteiger partial charge in [0.25, 0.3) is 0 Å². The maximum absolute atomic E-state index is 5.67. The van der Waals surface area contributed by atoms with E-state index in [1.165, 1.54) is 0 Å². The number of aryl methyl sites for hydroxylation is 3. The van der Waals surface area contributed by atoms with Crippen molar-refractivity contribution < 1.29 is 8.83 Å². The smallest absolute Gasteiger partial charge is 0.318 e. The summed E-state index contributed by atoms with van der Waals surface area (Å²) in [5.74, 6) is 2.31. The lowest BCUT2D eigenvalue weighted by molar-refractivity contribution is 0.253. The summed E-state index contributed by atoms with van der Waals surface area (Å²) in [6.07, 6.45) is 1.06. The zero-order valence-electron chi connectivity index (χ0n) is 12.8. The second-order valence-corrected chi connectivity index (χ2v) is 5.47. The fourth-order valence-corrected chi connectivity index (χ4v) is 2.53. The Morgan fingerprint density at radius 1 is 1.00 bits per heavy atom. The van der Waals surface area contributed by atoms with E-state index in [0.29, 0.717) is 11.9 Å². The van der Waals surface area contributed by atoms with Gasteiger partial charge in [-0.25, -0.2) is 4.98 Å². The van der Waals surface area contributed by atoms with Gasteiger partial charge in [-0.3, -0.25) is 4.90 Å². The predicted octanol–water partition coefficient (Wildman–Crippen LogP) is 1.70. The first-order valence-corrected chi connectivity index (χ1v) is 7.32. The third-order valence-electron chi connectivity index (χ3n) is 3.81. The number of rotatable bonds is 3. The Bertz CT molecular complexity index is 587. The molecule has 0 bridgehead atoms. The first-order chi connectivity index (χ1) is 10.1. The monoisotopic (exact) mass is 291 g/mol. The zero-order valence-corrected chi connectivity index (χ0v) is 12.8. The van der Waals surface area contributed by atoms with Crippen molar-refractivity contribution in [3.05, 3.63) is 23.2 Å². The van der Waals surface area contributed by atoms with Gasteiger partial charge in [-0.05, 0) is 20.3 Å². The molecule has 2 aromatic rings. The zero-order chi connectivity index (χ0) is 14.8. The summed E-state index contributed by atoms with van der Waals surface area (Å²) in [4.78, 5) is 8.95. The van der Waals surface area contributed by atoms with Gasteiger partial charge in [-0.2, -0.15) is 0 Å². The highest BCUT2D eigenvalue weighted by atomic mass is 16.4. The fraction of sp³-hybridized carbons (Fsp3) is 0.643. The van der Waals surface area contributed by atoms with Crippen LogP contribution in [0.2, 0.25) is 0 Å². The molecule has 3 heterocycles. The van der Waals surface area contributed by atoms with Gasteiger partial charge in [-0.15, -0.1) is 5.10 Å². The molecule has 0 N–H and O–H groups in total. The van der Waals surface area contributed by atoms with Gasteiger partial charge in [0, 0.05) is 33.1 Å². The van der Waals surface area contributed by atoms with E-state index in [1.54, 1.807) is 0 Å². The van der Waals surface area contributed by atoms with E-state index in [1.807, 2.05) is 20.8 Å². The van der Waals surface area contributed by atoms with Crippen molar-refractivity contribution in [2.24, 2.45) is 0 Å². The molecule has 0 unspecified atom stereocenters. The van der Waals surface area contributed by atoms with Crippen molar-refractivity contribution in [3.8, 4) is 0 Å². The van der Waals surface area contributed by atoms with Crippen LogP contribution >= 0.6 is 0 Å². The molecule has 0 aromatic carbocycles. The first kappa shape index (κ1) is 14.1. The number of oxazole rings is 1. The molecule has 1 fully saturated rings. The summed E-state index contributed by atoms with van der Waals surface area (Å²) >= 11 is 0. The van der Waals surface area contributed by atoms with Crippen molar-refractivity contribution in [2.45, 2.75) is 33.7 Å². The van der Waals surface area contributed by atoms with Crippen molar-refractivity contribution in [3.63, 3.8) is 0 Å². The highest BCUT2D eigenvalue weighted by Crippen LogP contribution is 2.16. The summed E-state index contributed by atoms with van der Waals surface area (Å²) in [7, 11) is 0. The normalized spacial score (nSPS) is 17.2. The number of hydrogen-bond acceptors (Lipinski definition) is 7. The van der Waals surface area contributed by atoms with Crippen LogP contribution in [0, 0.1) is 20.8 Å². The van der Waals surface area contributed by atoms with E-state index < -0.39 is 0 Å². The summed E-state index contributed by atoms with van der Waals surface area (Å²) in [6.45, 7) is 10.3. The molecule has 1 aliphatic heterocycles. The highest BCUT2D eigenvalue weighted by Gasteiger charge is 2.20. The Morgan fingerprint density at radius 2 is 1.86 bits per heavy atom. The molecule has 0 spiro atoms. The molecule has 21 heavy (non-hydrogen) atoms. The molecule has 3 rings (SSSR count). The lowest BCUT2D eigenvalue weighted by Crippen LogP contribution is -2.30. The standard InChI is InChI=1S/C14H21N5O2/c1-10-11(2)20-13(15-10)9-18-5-4-6-19(8-7-18)14-17-16-12(3)21-14/h4-9H2,1-3H3. The van der Waals surface area contributed by atoms with E-state index >= 15 is 0 Å². The van der Waals surface area contributed by atoms with E-state index in [9.17, 15) is 0 Å². The van der Waals surface area contributed by atoms with Crippen LogP contribution in [0.15, 0.2) is 8.83 Å². The predicted molar refractivity (Wildman–Crippen MR) is 77.1 cm³/mol. The average Bonchev–Trinajstić information content (AvgIpc) is 2.91. The van der Waals surface area contributed by atoms with Crippen molar-refractivity contribution in [1.82, 2.24) is 20.1 Å². The quantitative estimate of drug-likeness (QED) is 0.852. The Hall–Kier alpha value is -1.89. The maximum atomic E-state index is 5.67. The van der Waals surface area contributed by atoms with Crippen LogP contribution in [0.5, 0.6) is 0 Å². The lowest BCUT2D eigenvalue weighted by atomic mass is 10.4. The van der Waals surface area contributed by atoms with Gasteiger partial charge in [0.15, 0.2) is 0 Å². The Labute approximate surface area is 124 Å². The van der Waals surface area contributed by atoms with Gasteiger partial charge in [-0.1, -0.05) is 5.10 Å². The van der Waals surface area contributed by atoms with Crippen LogP contribution in [-0.2, 0) is 6.54 Å². The van der Waals surface area contributed by atoms with E-state index in [-0.39, 0.29) is 0 Å². The summed E-state index contributed by atoms with van der Waals surface area (Å²) in [5, 5.41) is 7.99. The topological polar surface area (TPSA) is 71.4 Å². The second-order valence-electron chi connectivity index (χ2n) is 5.47. The molecule has 7 nitrogen and oxygen atoms in total. The van der Waals surface area contributed by atoms with Crippen LogP contribution in [-0.4, -0.2) is 46.3 Å². The van der Waals surface area contributed by atoms with Gasteiger partial charge in [0.05, 0.1) is 12.2 Å². The van der Waals surface area contributed by atoms with Crippen molar-refractivity contribution in [2.75, 3.05) is 31.1 Å². The Balaban J connectivity index is 1.60. The van der Waals surface area contributed by atoms with Crippen molar-refractivity contribution >= 4 is 6.01 Å². The average molecular weight is 291 g/mol. The number of hydrogen-bond donors (Lipinski definition) is 0. The SMILES string of the molecule is Cc1nnc(N2CCCN(Cc3nc(C)c(C)o3)CC2)o1. The minimum atomic E-state index is 0.608. The molecular weight excluding hydrogens is 270 g/mol. The van der Waals surface area contributed by atoms with Crippen LogP contribution in [0.25, 0.3) is 0 Å². The second kappa shape index (κ2) is 5.85. The highest BCUT2D eigenvalue weighted by molar-refractivity contribution is 5.24. The minimum absolute atomic E-state index is 0.608. The Kier molecular flexibility index (Phi) is 3.92. The molecule has 0 aliphatic carbocycles. The number of anilines is 1. The van der Waals surface area contributed by atoms with E-state index in [4.69, 9.17) is 8.83 Å². The molecule has 1 aliphatic rings. The number of aromatic nitrogens is 3. The van der Waals surface area contributed by atoms with E-state index in [0.717, 1.165) is 56.5 Å². The minimum Gasteiger partial charge on any atom is -0.444 e. The molecule has 0 atom stereocenters. The fourth-order valence-electron chi connectivity index (χ4n) is 2.53. The largest absolute Gasteiger partial charge is 0.444 e. The maximum Gasteiger partial charge on any atom is 0.318 e. The van der Waals surface area contributed by atoms with Crippen LogP contribution in [0.3, 0.4) is 0 Å². The molecule has 0 saturated carbocycles. The van der Waals surface area contributed by atoms with Crippen LogP contribution in [0.4, 0.5) is 6.01 Å². The molecule has 1 saturated heterocycles. The summed E-state index contributed by atoms with van der Waals surface area (Å²) < 4.78 is 11.2. The summed E-state index contributed by atoms with van der Waals surface area (Å²) in [5.41, 5.74) is 0.975. The molecule has 0 amide bonds. The Morgan fingerprint density at radius 3 is 2.52 bits per heavy atom. The molecule has 2 aromatic heterocycles. The van der Waals surface area contributed by atoms with Gasteiger partial charge in [0.1, 0.15) is 5.76 Å². The summed E-state index contributed by atoms with van der Waals surface area (Å²) in [6, 6.07) is 0.622. The van der Waals surface area contributed by atoms with Gasteiger partial charge >= 0.3 is 6.01 Å².